The summed E-state index contributed by atoms with van der Waals surface area (Å²) in [7, 11) is 1.66. The van der Waals surface area contributed by atoms with Crippen LogP contribution in [0, 0.1) is 0 Å². The minimum absolute atomic E-state index is 0.267. The SMILES string of the molecule is CCCNC(=O)c1c(NC(=O)c2ccn(CC)n2)cnn1C. The summed E-state index contributed by atoms with van der Waals surface area (Å²) in [5.41, 5.74) is 0.981. The molecule has 0 spiro atoms. The van der Waals surface area contributed by atoms with Crippen molar-refractivity contribution in [2.24, 2.45) is 7.05 Å². The first-order chi connectivity index (χ1) is 10.6. The Hall–Kier alpha value is -2.64. The van der Waals surface area contributed by atoms with Crippen molar-refractivity contribution >= 4 is 17.5 Å². The van der Waals surface area contributed by atoms with E-state index in [1.54, 1.807) is 24.0 Å². The number of amides is 2. The number of hydrogen-bond acceptors (Lipinski definition) is 4. The molecule has 22 heavy (non-hydrogen) atoms. The molecule has 0 atom stereocenters. The van der Waals surface area contributed by atoms with Gasteiger partial charge in [0.15, 0.2) is 5.69 Å². The molecule has 0 saturated carbocycles. The fraction of sp³-hybridized carbons (Fsp3) is 0.429. The average molecular weight is 304 g/mol. The molecule has 2 rings (SSSR count). The van der Waals surface area contributed by atoms with Crippen molar-refractivity contribution in [2.75, 3.05) is 11.9 Å². The van der Waals surface area contributed by atoms with E-state index in [-0.39, 0.29) is 11.8 Å². The number of rotatable bonds is 6. The van der Waals surface area contributed by atoms with Crippen LogP contribution in [-0.2, 0) is 13.6 Å². The maximum atomic E-state index is 12.2. The Kier molecular flexibility index (Phi) is 4.92. The molecule has 0 fully saturated rings. The van der Waals surface area contributed by atoms with Crippen LogP contribution in [0.3, 0.4) is 0 Å². The highest BCUT2D eigenvalue weighted by atomic mass is 16.2. The molecular formula is C14H20N6O2. The Balaban J connectivity index is 2.16. The third kappa shape index (κ3) is 3.33. The van der Waals surface area contributed by atoms with Crippen LogP contribution in [0.4, 0.5) is 5.69 Å². The summed E-state index contributed by atoms with van der Waals surface area (Å²) in [6.45, 7) is 5.16. The van der Waals surface area contributed by atoms with E-state index >= 15 is 0 Å². The second-order valence-corrected chi connectivity index (χ2v) is 4.80. The van der Waals surface area contributed by atoms with E-state index in [2.05, 4.69) is 20.8 Å². The molecule has 0 bridgehead atoms. The van der Waals surface area contributed by atoms with E-state index in [1.807, 2.05) is 13.8 Å². The number of aromatic nitrogens is 4. The fourth-order valence-corrected chi connectivity index (χ4v) is 1.97. The molecule has 0 saturated heterocycles. The maximum Gasteiger partial charge on any atom is 0.276 e. The Labute approximate surface area is 128 Å². The number of hydrogen-bond donors (Lipinski definition) is 2. The van der Waals surface area contributed by atoms with Crippen LogP contribution in [0.2, 0.25) is 0 Å². The molecule has 118 valence electrons. The van der Waals surface area contributed by atoms with Crippen LogP contribution >= 0.6 is 0 Å². The second-order valence-electron chi connectivity index (χ2n) is 4.80. The monoisotopic (exact) mass is 304 g/mol. The lowest BCUT2D eigenvalue weighted by atomic mass is 10.3. The first kappa shape index (κ1) is 15.7. The van der Waals surface area contributed by atoms with Crippen LogP contribution in [0.25, 0.3) is 0 Å². The molecule has 0 radical (unpaired) electrons. The molecule has 0 aliphatic carbocycles. The second kappa shape index (κ2) is 6.88. The number of carbonyl (C=O) groups excluding carboxylic acids is 2. The summed E-state index contributed by atoms with van der Waals surface area (Å²) in [5.74, 6) is -0.638. The van der Waals surface area contributed by atoms with Crippen molar-refractivity contribution in [2.45, 2.75) is 26.8 Å². The quantitative estimate of drug-likeness (QED) is 0.833. The molecule has 0 aliphatic heterocycles. The normalized spacial score (nSPS) is 10.5. The van der Waals surface area contributed by atoms with Gasteiger partial charge in [-0.2, -0.15) is 10.2 Å². The lowest BCUT2D eigenvalue weighted by molar-refractivity contribution is 0.0945. The van der Waals surface area contributed by atoms with Crippen molar-refractivity contribution in [3.8, 4) is 0 Å². The average Bonchev–Trinajstić information content (AvgIpc) is 3.12. The van der Waals surface area contributed by atoms with Crippen molar-refractivity contribution in [1.82, 2.24) is 24.9 Å². The predicted molar refractivity (Wildman–Crippen MR) is 81.7 cm³/mol. The largest absolute Gasteiger partial charge is 0.351 e. The van der Waals surface area contributed by atoms with Gasteiger partial charge in [0.25, 0.3) is 11.8 Å². The number of nitrogens with zero attached hydrogens (tertiary/aromatic N) is 4. The number of nitrogens with one attached hydrogen (secondary N) is 2. The zero-order valence-electron chi connectivity index (χ0n) is 13.0. The molecule has 2 amide bonds. The smallest absolute Gasteiger partial charge is 0.276 e. The van der Waals surface area contributed by atoms with E-state index < -0.39 is 0 Å². The summed E-state index contributed by atoms with van der Waals surface area (Å²) in [4.78, 5) is 24.3. The zero-order valence-corrected chi connectivity index (χ0v) is 13.0. The molecule has 8 nitrogen and oxygen atoms in total. The van der Waals surface area contributed by atoms with Crippen LogP contribution in [0.15, 0.2) is 18.5 Å². The van der Waals surface area contributed by atoms with E-state index in [1.165, 1.54) is 10.9 Å². The Morgan fingerprint density at radius 2 is 2.05 bits per heavy atom. The van der Waals surface area contributed by atoms with Crippen molar-refractivity contribution < 1.29 is 9.59 Å². The lowest BCUT2D eigenvalue weighted by Gasteiger charge is -2.07. The Morgan fingerprint density at radius 1 is 1.27 bits per heavy atom. The van der Waals surface area contributed by atoms with Gasteiger partial charge in [-0.25, -0.2) is 0 Å². The summed E-state index contributed by atoms with van der Waals surface area (Å²) in [6.07, 6.45) is 4.02. The van der Waals surface area contributed by atoms with Gasteiger partial charge in [-0.15, -0.1) is 0 Å². The minimum atomic E-state index is -0.371. The maximum absolute atomic E-state index is 12.2. The van der Waals surface area contributed by atoms with Crippen LogP contribution < -0.4 is 10.6 Å². The Morgan fingerprint density at radius 3 is 2.68 bits per heavy atom. The fourth-order valence-electron chi connectivity index (χ4n) is 1.97. The van der Waals surface area contributed by atoms with E-state index in [0.29, 0.717) is 30.2 Å². The predicted octanol–water partition coefficient (Wildman–Crippen LogP) is 1.03. The summed E-state index contributed by atoms with van der Waals surface area (Å²) >= 11 is 0. The van der Waals surface area contributed by atoms with Gasteiger partial charge < -0.3 is 10.6 Å². The molecule has 0 aliphatic rings. The highest BCUT2D eigenvalue weighted by molar-refractivity contribution is 6.07. The molecule has 2 heterocycles. The standard InChI is InChI=1S/C14H20N6O2/c1-4-7-15-14(22)12-11(9-16-19(12)3)17-13(21)10-6-8-20(5-2)18-10/h6,8-9H,4-5,7H2,1-3H3,(H,15,22)(H,17,21). The van der Waals surface area contributed by atoms with Gasteiger partial charge in [0.05, 0.1) is 11.9 Å². The van der Waals surface area contributed by atoms with Gasteiger partial charge in [0, 0.05) is 26.3 Å². The molecule has 2 N–H and O–H groups in total. The minimum Gasteiger partial charge on any atom is -0.351 e. The van der Waals surface area contributed by atoms with Crippen molar-refractivity contribution in [3.05, 3.63) is 29.8 Å². The third-order valence-corrected chi connectivity index (χ3v) is 3.13. The van der Waals surface area contributed by atoms with Crippen molar-refractivity contribution in [3.63, 3.8) is 0 Å². The summed E-state index contributed by atoms with van der Waals surface area (Å²) in [6, 6.07) is 1.63. The molecule has 0 unspecified atom stereocenters. The molecule has 2 aromatic heterocycles. The van der Waals surface area contributed by atoms with E-state index in [0.717, 1.165) is 6.42 Å². The van der Waals surface area contributed by atoms with Crippen LogP contribution in [-0.4, -0.2) is 37.9 Å². The topological polar surface area (TPSA) is 93.8 Å². The summed E-state index contributed by atoms with van der Waals surface area (Å²) < 4.78 is 3.10. The first-order valence-electron chi connectivity index (χ1n) is 7.21. The van der Waals surface area contributed by atoms with E-state index in [9.17, 15) is 9.59 Å². The number of anilines is 1. The number of aryl methyl sites for hydroxylation is 2. The molecular weight excluding hydrogens is 284 g/mol. The molecule has 8 heteroatoms. The van der Waals surface area contributed by atoms with Gasteiger partial charge >= 0.3 is 0 Å². The lowest BCUT2D eigenvalue weighted by Crippen LogP contribution is -2.27. The van der Waals surface area contributed by atoms with Gasteiger partial charge in [-0.3, -0.25) is 19.0 Å². The van der Waals surface area contributed by atoms with Gasteiger partial charge in [-0.05, 0) is 19.4 Å². The number of carbonyl (C=O) groups is 2. The van der Waals surface area contributed by atoms with Gasteiger partial charge in [0.2, 0.25) is 0 Å². The molecule has 2 aromatic rings. The van der Waals surface area contributed by atoms with Crippen molar-refractivity contribution in [1.29, 1.82) is 0 Å². The zero-order chi connectivity index (χ0) is 16.1. The first-order valence-corrected chi connectivity index (χ1v) is 7.21. The van der Waals surface area contributed by atoms with Gasteiger partial charge in [0.1, 0.15) is 5.69 Å². The van der Waals surface area contributed by atoms with Crippen LogP contribution in [0.5, 0.6) is 0 Å². The highest BCUT2D eigenvalue weighted by Gasteiger charge is 2.19. The van der Waals surface area contributed by atoms with Gasteiger partial charge in [-0.1, -0.05) is 6.92 Å². The van der Waals surface area contributed by atoms with E-state index in [4.69, 9.17) is 0 Å². The molecule has 0 aromatic carbocycles. The third-order valence-electron chi connectivity index (χ3n) is 3.13. The Bertz CT molecular complexity index is 673. The van der Waals surface area contributed by atoms with Crippen LogP contribution in [0.1, 0.15) is 41.2 Å². The highest BCUT2D eigenvalue weighted by Crippen LogP contribution is 2.15. The summed E-state index contributed by atoms with van der Waals surface area (Å²) in [5, 5.41) is 13.6.